The third kappa shape index (κ3) is 3.81. The van der Waals surface area contributed by atoms with Gasteiger partial charge in [0.05, 0.1) is 11.2 Å². The molecule has 0 aliphatic heterocycles. The van der Waals surface area contributed by atoms with Gasteiger partial charge in [-0.3, -0.25) is 5.10 Å². The molecule has 1 unspecified atom stereocenters. The van der Waals surface area contributed by atoms with Crippen LogP contribution in [0.5, 0.6) is 0 Å². The molecule has 2 aromatic rings. The van der Waals surface area contributed by atoms with Crippen LogP contribution in [0, 0.1) is 12.7 Å². The van der Waals surface area contributed by atoms with Crippen LogP contribution in [-0.2, 0) is 6.42 Å². The van der Waals surface area contributed by atoms with Crippen LogP contribution in [0.4, 0.5) is 4.39 Å². The second kappa shape index (κ2) is 6.86. The quantitative estimate of drug-likeness (QED) is 0.796. The minimum absolute atomic E-state index is 0.151. The number of rotatable bonds is 6. The number of halogens is 2. The number of aromatic nitrogens is 2. The zero-order valence-corrected chi connectivity index (χ0v) is 12.5. The van der Waals surface area contributed by atoms with Crippen LogP contribution in [0.25, 0.3) is 0 Å². The van der Waals surface area contributed by atoms with Crippen LogP contribution >= 0.6 is 11.6 Å². The summed E-state index contributed by atoms with van der Waals surface area (Å²) in [6.45, 7) is 4.96. The van der Waals surface area contributed by atoms with E-state index in [1.165, 1.54) is 11.6 Å². The Morgan fingerprint density at radius 2 is 2.25 bits per heavy atom. The topological polar surface area (TPSA) is 40.7 Å². The van der Waals surface area contributed by atoms with Crippen molar-refractivity contribution in [1.29, 1.82) is 0 Å². The first kappa shape index (κ1) is 15.0. The number of nitrogens with one attached hydrogen (secondary N) is 2. The van der Waals surface area contributed by atoms with Crippen molar-refractivity contribution in [2.75, 3.05) is 6.54 Å². The van der Waals surface area contributed by atoms with Crippen molar-refractivity contribution in [2.24, 2.45) is 0 Å². The molecule has 0 amide bonds. The molecule has 3 nitrogen and oxygen atoms in total. The van der Waals surface area contributed by atoms with Gasteiger partial charge in [-0.15, -0.1) is 0 Å². The predicted molar refractivity (Wildman–Crippen MR) is 79.5 cm³/mol. The van der Waals surface area contributed by atoms with Crippen molar-refractivity contribution in [3.63, 3.8) is 0 Å². The van der Waals surface area contributed by atoms with Gasteiger partial charge in [-0.1, -0.05) is 17.7 Å². The van der Waals surface area contributed by atoms with Crippen molar-refractivity contribution in [1.82, 2.24) is 15.5 Å². The molecule has 0 aliphatic carbocycles. The first-order valence-corrected chi connectivity index (χ1v) is 7.13. The summed E-state index contributed by atoms with van der Waals surface area (Å²) in [6.07, 6.45) is 3.89. The normalized spacial score (nSPS) is 12.6. The maximum atomic E-state index is 13.1. The van der Waals surface area contributed by atoms with Crippen molar-refractivity contribution in [3.05, 3.63) is 52.1 Å². The lowest BCUT2D eigenvalue weighted by atomic mass is 10.1. The van der Waals surface area contributed by atoms with Crippen LogP contribution in [0.1, 0.15) is 36.2 Å². The molecule has 1 aromatic carbocycles. The van der Waals surface area contributed by atoms with Crippen molar-refractivity contribution < 1.29 is 4.39 Å². The van der Waals surface area contributed by atoms with Gasteiger partial charge in [0.2, 0.25) is 0 Å². The summed E-state index contributed by atoms with van der Waals surface area (Å²) in [5.74, 6) is -0.377. The third-order valence-corrected chi connectivity index (χ3v) is 3.74. The maximum Gasteiger partial charge on any atom is 0.141 e. The second-order valence-electron chi connectivity index (χ2n) is 4.97. The Balaban J connectivity index is 1.79. The highest BCUT2D eigenvalue weighted by Crippen LogP contribution is 2.20. The first-order chi connectivity index (χ1) is 9.58. The fourth-order valence-corrected chi connectivity index (χ4v) is 2.31. The molecule has 0 fully saturated rings. The van der Waals surface area contributed by atoms with Gasteiger partial charge >= 0.3 is 0 Å². The maximum absolute atomic E-state index is 13.1. The molecule has 1 heterocycles. The van der Waals surface area contributed by atoms with E-state index in [0.717, 1.165) is 30.6 Å². The van der Waals surface area contributed by atoms with Gasteiger partial charge in [0.1, 0.15) is 5.82 Å². The molecule has 0 radical (unpaired) electrons. The molecule has 108 valence electrons. The Labute approximate surface area is 123 Å². The van der Waals surface area contributed by atoms with Crippen molar-refractivity contribution in [2.45, 2.75) is 32.7 Å². The monoisotopic (exact) mass is 295 g/mol. The molecule has 0 aliphatic rings. The highest BCUT2D eigenvalue weighted by molar-refractivity contribution is 6.30. The van der Waals surface area contributed by atoms with Gasteiger partial charge < -0.3 is 5.32 Å². The number of hydrogen-bond donors (Lipinski definition) is 2. The van der Waals surface area contributed by atoms with E-state index in [1.54, 1.807) is 12.1 Å². The van der Waals surface area contributed by atoms with E-state index in [9.17, 15) is 4.39 Å². The molecular weight excluding hydrogens is 277 g/mol. The molecular formula is C15H19ClFN3. The van der Waals surface area contributed by atoms with Crippen LogP contribution in [-0.4, -0.2) is 16.7 Å². The first-order valence-electron chi connectivity index (χ1n) is 6.75. The number of H-pyrrole nitrogens is 1. The number of benzene rings is 1. The lowest BCUT2D eigenvalue weighted by molar-refractivity contribution is 0.556. The molecule has 0 bridgehead atoms. The summed E-state index contributed by atoms with van der Waals surface area (Å²) in [7, 11) is 0. The minimum atomic E-state index is -0.377. The number of aromatic amines is 1. The summed E-state index contributed by atoms with van der Waals surface area (Å²) in [6, 6.07) is 5.00. The Bertz CT molecular complexity index is 568. The van der Waals surface area contributed by atoms with Crippen molar-refractivity contribution in [3.8, 4) is 0 Å². The Morgan fingerprint density at radius 3 is 2.90 bits per heavy atom. The smallest absolute Gasteiger partial charge is 0.141 e. The van der Waals surface area contributed by atoms with E-state index >= 15 is 0 Å². The minimum Gasteiger partial charge on any atom is -0.310 e. The van der Waals surface area contributed by atoms with Gasteiger partial charge in [0.15, 0.2) is 0 Å². The lowest BCUT2D eigenvalue weighted by Crippen LogP contribution is -2.20. The van der Waals surface area contributed by atoms with Gasteiger partial charge in [0.25, 0.3) is 0 Å². The van der Waals surface area contributed by atoms with E-state index in [4.69, 9.17) is 11.6 Å². The van der Waals surface area contributed by atoms with Crippen LogP contribution in [0.2, 0.25) is 5.02 Å². The average molecular weight is 296 g/mol. The predicted octanol–water partition coefficient (Wildman–Crippen LogP) is 3.79. The summed E-state index contributed by atoms with van der Waals surface area (Å²) >= 11 is 5.79. The van der Waals surface area contributed by atoms with E-state index in [-0.39, 0.29) is 16.9 Å². The highest BCUT2D eigenvalue weighted by Gasteiger charge is 2.08. The fourth-order valence-electron chi connectivity index (χ4n) is 2.12. The molecule has 20 heavy (non-hydrogen) atoms. The van der Waals surface area contributed by atoms with Crippen molar-refractivity contribution >= 4 is 11.6 Å². The lowest BCUT2D eigenvalue weighted by Gasteiger charge is -2.14. The summed E-state index contributed by atoms with van der Waals surface area (Å²) < 4.78 is 13.1. The van der Waals surface area contributed by atoms with Gasteiger partial charge in [-0.05, 0) is 56.5 Å². The number of aryl methyl sites for hydroxylation is 2. The molecule has 0 saturated heterocycles. The van der Waals surface area contributed by atoms with E-state index in [0.29, 0.717) is 0 Å². The molecule has 2 rings (SSSR count). The van der Waals surface area contributed by atoms with Crippen LogP contribution in [0.15, 0.2) is 24.4 Å². The summed E-state index contributed by atoms with van der Waals surface area (Å²) in [5, 5.41) is 10.5. The molecule has 2 N–H and O–H groups in total. The second-order valence-corrected chi connectivity index (χ2v) is 5.38. The number of nitrogens with zero attached hydrogens (tertiary/aromatic N) is 1. The van der Waals surface area contributed by atoms with E-state index in [2.05, 4.69) is 15.5 Å². The summed E-state index contributed by atoms with van der Waals surface area (Å²) in [4.78, 5) is 0. The Morgan fingerprint density at radius 1 is 1.45 bits per heavy atom. The zero-order chi connectivity index (χ0) is 14.5. The third-order valence-electron chi connectivity index (χ3n) is 3.45. The molecule has 0 spiro atoms. The summed E-state index contributed by atoms with van der Waals surface area (Å²) in [5.41, 5.74) is 3.38. The van der Waals surface area contributed by atoms with E-state index < -0.39 is 0 Å². The highest BCUT2D eigenvalue weighted by atomic mass is 35.5. The zero-order valence-electron chi connectivity index (χ0n) is 11.7. The van der Waals surface area contributed by atoms with Gasteiger partial charge in [-0.25, -0.2) is 4.39 Å². The van der Waals surface area contributed by atoms with E-state index in [1.807, 2.05) is 20.0 Å². The standard InChI is InChI=1S/C15H19ClFN3/c1-10(12-5-6-15(17)14(16)8-12)18-7-3-4-13-9-19-20-11(13)2/h5-6,8-10,18H,3-4,7H2,1-2H3,(H,19,20). The fraction of sp³-hybridized carbons (Fsp3) is 0.400. The Hall–Kier alpha value is -1.39. The van der Waals surface area contributed by atoms with Gasteiger partial charge in [-0.2, -0.15) is 5.10 Å². The molecule has 1 atom stereocenters. The largest absolute Gasteiger partial charge is 0.310 e. The molecule has 1 aromatic heterocycles. The molecule has 5 heteroatoms. The Kier molecular flexibility index (Phi) is 5.15. The number of hydrogen-bond acceptors (Lipinski definition) is 2. The average Bonchev–Trinajstić information content (AvgIpc) is 2.83. The van der Waals surface area contributed by atoms with Crippen LogP contribution < -0.4 is 5.32 Å². The SMILES string of the molecule is Cc1[nH]ncc1CCCNC(C)c1ccc(F)c(Cl)c1. The van der Waals surface area contributed by atoms with Gasteiger partial charge in [0, 0.05) is 11.7 Å². The molecule has 0 saturated carbocycles. The van der Waals surface area contributed by atoms with Crippen LogP contribution in [0.3, 0.4) is 0 Å².